The Kier molecular flexibility index (Phi) is 5.14. The quantitative estimate of drug-likeness (QED) is 0.623. The summed E-state index contributed by atoms with van der Waals surface area (Å²) in [5, 5.41) is 3.88. The Balaban J connectivity index is 1.40. The van der Waals surface area contributed by atoms with Crippen molar-refractivity contribution in [2.45, 2.75) is 37.6 Å². The van der Waals surface area contributed by atoms with Crippen LogP contribution in [0.25, 0.3) is 0 Å². The van der Waals surface area contributed by atoms with Crippen molar-refractivity contribution in [2.24, 2.45) is 5.92 Å². The van der Waals surface area contributed by atoms with Crippen molar-refractivity contribution in [2.75, 3.05) is 24.1 Å². The summed E-state index contributed by atoms with van der Waals surface area (Å²) in [6.07, 6.45) is 5.69. The Labute approximate surface area is 157 Å². The molecule has 0 amide bonds. The molecule has 1 saturated carbocycles. The van der Waals surface area contributed by atoms with Gasteiger partial charge < -0.3 is 11.1 Å². The molecule has 2 aromatic rings. The third-order valence-electron chi connectivity index (χ3n) is 5.16. The first kappa shape index (κ1) is 17.4. The summed E-state index contributed by atoms with van der Waals surface area (Å²) in [4.78, 5) is 17.5. The molecule has 0 spiro atoms. The zero-order valence-corrected chi connectivity index (χ0v) is 15.2. The fourth-order valence-corrected chi connectivity index (χ4v) is 3.99. The lowest BCUT2D eigenvalue weighted by atomic mass is 9.79. The van der Waals surface area contributed by atoms with Crippen molar-refractivity contribution in [3.63, 3.8) is 0 Å². The van der Waals surface area contributed by atoms with E-state index in [1.165, 1.54) is 6.42 Å². The van der Waals surface area contributed by atoms with Crippen molar-refractivity contribution < 1.29 is 0 Å². The highest BCUT2D eigenvalue weighted by atomic mass is 35.5. The van der Waals surface area contributed by atoms with E-state index in [0.717, 1.165) is 30.9 Å². The smallest absolute Gasteiger partial charge is 0.227 e. The molecule has 3 atom stereocenters. The van der Waals surface area contributed by atoms with Crippen LogP contribution in [0.15, 0.2) is 18.3 Å². The predicted molar refractivity (Wildman–Crippen MR) is 101 cm³/mol. The number of rotatable bonds is 5. The molecule has 5 N–H and O–H groups in total. The van der Waals surface area contributed by atoms with E-state index in [-0.39, 0.29) is 5.95 Å². The number of halogens is 1. The zero-order chi connectivity index (χ0) is 17.9. The number of hydrogen-bond donors (Lipinski definition) is 4. The Morgan fingerprint density at radius 3 is 3.08 bits per heavy atom. The van der Waals surface area contributed by atoms with E-state index >= 15 is 0 Å². The van der Waals surface area contributed by atoms with Crippen LogP contribution >= 0.6 is 11.6 Å². The molecule has 1 saturated heterocycles. The van der Waals surface area contributed by atoms with Gasteiger partial charge in [-0.15, -0.1) is 0 Å². The molecule has 138 valence electrons. The van der Waals surface area contributed by atoms with Crippen LogP contribution in [0.2, 0.25) is 5.02 Å². The van der Waals surface area contributed by atoms with Gasteiger partial charge in [-0.1, -0.05) is 11.6 Å². The Morgan fingerprint density at radius 2 is 2.19 bits per heavy atom. The number of hydrogen-bond acceptors (Lipinski definition) is 8. The average molecular weight is 375 g/mol. The number of nitrogens with two attached hydrogens (primary N) is 1. The molecule has 0 aromatic carbocycles. The molecule has 0 bridgehead atoms. The third kappa shape index (κ3) is 3.87. The van der Waals surface area contributed by atoms with E-state index in [1.54, 1.807) is 6.20 Å². The summed E-state index contributed by atoms with van der Waals surface area (Å²) in [6.45, 7) is 1.67. The molecule has 1 aliphatic carbocycles. The van der Waals surface area contributed by atoms with Crippen LogP contribution < -0.4 is 21.9 Å². The average Bonchev–Trinajstić information content (AvgIpc) is 3.10. The minimum absolute atomic E-state index is 0.257. The number of nitrogens with one attached hydrogen (secondary N) is 3. The van der Waals surface area contributed by atoms with E-state index < -0.39 is 0 Å². The molecule has 2 aromatic heterocycles. The van der Waals surface area contributed by atoms with Gasteiger partial charge in [-0.05, 0) is 37.3 Å². The number of pyridine rings is 1. The van der Waals surface area contributed by atoms with E-state index in [0.29, 0.717) is 41.8 Å². The number of nitrogen functional groups attached to an aromatic ring is 1. The number of fused-ring (bicyclic) bond motifs is 1. The Hall–Kier alpha value is -2.03. The van der Waals surface area contributed by atoms with E-state index in [2.05, 4.69) is 36.1 Å². The number of aromatic nitrogens is 4. The molecular weight excluding hydrogens is 352 g/mol. The number of hydrazine groups is 1. The maximum Gasteiger partial charge on any atom is 0.227 e. The first-order chi connectivity index (χ1) is 12.7. The standard InChI is InChI=1S/C17H23ClN8/c18-12-2-1-6-20-13(12)5-7-21-17-24-15(23-16(19)25-17)10-3-4-11-9-22-26-14(11)8-10/h1-2,6,10-11,14,22,26H,3-5,7-9H2,(H3,19,21,23,24,25). The van der Waals surface area contributed by atoms with Crippen molar-refractivity contribution in [3.8, 4) is 0 Å². The van der Waals surface area contributed by atoms with Crippen molar-refractivity contribution in [1.82, 2.24) is 30.8 Å². The lowest BCUT2D eigenvalue weighted by molar-refractivity contribution is 0.296. The van der Waals surface area contributed by atoms with Gasteiger partial charge in [0.25, 0.3) is 0 Å². The number of nitrogens with zero attached hydrogens (tertiary/aromatic N) is 4. The van der Waals surface area contributed by atoms with E-state index in [4.69, 9.17) is 17.3 Å². The minimum atomic E-state index is 0.257. The van der Waals surface area contributed by atoms with Gasteiger partial charge in [-0.3, -0.25) is 15.8 Å². The van der Waals surface area contributed by atoms with Crippen LogP contribution in [-0.4, -0.2) is 39.1 Å². The minimum Gasteiger partial charge on any atom is -0.368 e. The van der Waals surface area contributed by atoms with Gasteiger partial charge in [0.1, 0.15) is 5.82 Å². The van der Waals surface area contributed by atoms with Crippen LogP contribution in [0, 0.1) is 5.92 Å². The largest absolute Gasteiger partial charge is 0.368 e. The molecule has 1 aliphatic heterocycles. The van der Waals surface area contributed by atoms with Crippen LogP contribution in [0.4, 0.5) is 11.9 Å². The summed E-state index contributed by atoms with van der Waals surface area (Å²) >= 11 is 6.14. The van der Waals surface area contributed by atoms with Crippen LogP contribution in [0.1, 0.15) is 36.7 Å². The second-order valence-corrected chi connectivity index (χ2v) is 7.29. The van der Waals surface area contributed by atoms with E-state index in [9.17, 15) is 0 Å². The van der Waals surface area contributed by atoms with Crippen molar-refractivity contribution >= 4 is 23.5 Å². The first-order valence-corrected chi connectivity index (χ1v) is 9.40. The summed E-state index contributed by atoms with van der Waals surface area (Å²) < 4.78 is 0. The highest BCUT2D eigenvalue weighted by Crippen LogP contribution is 2.35. The first-order valence-electron chi connectivity index (χ1n) is 9.02. The van der Waals surface area contributed by atoms with Crippen molar-refractivity contribution in [1.29, 1.82) is 0 Å². The van der Waals surface area contributed by atoms with Crippen molar-refractivity contribution in [3.05, 3.63) is 34.9 Å². The van der Waals surface area contributed by atoms with Gasteiger partial charge >= 0.3 is 0 Å². The van der Waals surface area contributed by atoms with Gasteiger partial charge in [0.15, 0.2) is 0 Å². The highest BCUT2D eigenvalue weighted by molar-refractivity contribution is 6.31. The molecule has 2 aliphatic rings. The second-order valence-electron chi connectivity index (χ2n) is 6.89. The molecule has 8 nitrogen and oxygen atoms in total. The second kappa shape index (κ2) is 7.69. The monoisotopic (exact) mass is 374 g/mol. The highest BCUT2D eigenvalue weighted by Gasteiger charge is 2.35. The van der Waals surface area contributed by atoms with Gasteiger partial charge in [0.05, 0.1) is 10.7 Å². The Morgan fingerprint density at radius 1 is 1.27 bits per heavy atom. The molecule has 0 radical (unpaired) electrons. The molecule has 4 rings (SSSR count). The van der Waals surface area contributed by atoms with E-state index in [1.807, 2.05) is 12.1 Å². The number of anilines is 2. The molecular formula is C17H23ClN8. The third-order valence-corrected chi connectivity index (χ3v) is 5.50. The van der Waals surface area contributed by atoms with Crippen LogP contribution in [-0.2, 0) is 6.42 Å². The van der Waals surface area contributed by atoms with Gasteiger partial charge in [0.2, 0.25) is 11.9 Å². The maximum atomic E-state index is 6.14. The summed E-state index contributed by atoms with van der Waals surface area (Å²) in [5.41, 5.74) is 13.4. The fourth-order valence-electron chi connectivity index (χ4n) is 3.78. The zero-order valence-electron chi connectivity index (χ0n) is 14.5. The van der Waals surface area contributed by atoms with Crippen LogP contribution in [0.3, 0.4) is 0 Å². The molecule has 9 heteroatoms. The molecule has 26 heavy (non-hydrogen) atoms. The van der Waals surface area contributed by atoms with Crippen LogP contribution in [0.5, 0.6) is 0 Å². The fraction of sp³-hybridized carbons (Fsp3) is 0.529. The lowest BCUT2D eigenvalue weighted by Gasteiger charge is -2.29. The molecule has 2 fully saturated rings. The summed E-state index contributed by atoms with van der Waals surface area (Å²) in [5.74, 6) is 2.56. The Bertz CT molecular complexity index is 770. The lowest BCUT2D eigenvalue weighted by Crippen LogP contribution is -2.36. The molecule has 3 unspecified atom stereocenters. The normalized spacial score (nSPS) is 25.0. The predicted octanol–water partition coefficient (Wildman–Crippen LogP) is 1.52. The molecule has 3 heterocycles. The van der Waals surface area contributed by atoms with Gasteiger partial charge in [0, 0.05) is 37.7 Å². The topological polar surface area (TPSA) is 114 Å². The maximum absolute atomic E-state index is 6.14. The SMILES string of the molecule is Nc1nc(NCCc2ncccc2Cl)nc(C2CCC3CNNC3C2)n1. The summed E-state index contributed by atoms with van der Waals surface area (Å²) in [7, 11) is 0. The van der Waals surface area contributed by atoms with Gasteiger partial charge in [-0.2, -0.15) is 15.0 Å². The van der Waals surface area contributed by atoms with Gasteiger partial charge in [-0.25, -0.2) is 0 Å². The summed E-state index contributed by atoms with van der Waals surface area (Å²) in [6, 6.07) is 4.14.